The minimum absolute atomic E-state index is 0.549. The second-order valence-electron chi connectivity index (χ2n) is 4.96. The lowest BCUT2D eigenvalue weighted by Gasteiger charge is -2.16. The monoisotopic (exact) mass is 260 g/mol. The first-order chi connectivity index (χ1) is 7.42. The number of rotatable bonds is 6. The molecule has 0 bridgehead atoms. The van der Waals surface area contributed by atoms with Crippen molar-refractivity contribution in [2.24, 2.45) is 0 Å². The van der Waals surface area contributed by atoms with Crippen molar-refractivity contribution in [1.82, 2.24) is 9.97 Å². The smallest absolute Gasteiger partial charge is 0.184 e. The molecular formula is C11H21ClN2OSi. The van der Waals surface area contributed by atoms with E-state index in [1.54, 1.807) is 0 Å². The molecule has 0 aliphatic heterocycles. The summed E-state index contributed by atoms with van der Waals surface area (Å²) in [5, 5.41) is 0.560. The quantitative estimate of drug-likeness (QED) is 0.791. The van der Waals surface area contributed by atoms with Gasteiger partial charge in [-0.1, -0.05) is 24.9 Å². The second-order valence-corrected chi connectivity index (χ2v) is 9.83. The SMILES string of the molecule is CCCCc1nc(Cl)c(CO[Si](C)(C)C)[nH]1. The Morgan fingerprint density at radius 3 is 2.62 bits per heavy atom. The van der Waals surface area contributed by atoms with Crippen molar-refractivity contribution in [2.75, 3.05) is 0 Å². The predicted molar refractivity (Wildman–Crippen MR) is 70.3 cm³/mol. The third-order valence-electron chi connectivity index (χ3n) is 2.19. The van der Waals surface area contributed by atoms with Crippen molar-refractivity contribution in [3.63, 3.8) is 0 Å². The Kier molecular flexibility index (Phi) is 5.02. The van der Waals surface area contributed by atoms with E-state index in [0.29, 0.717) is 11.8 Å². The van der Waals surface area contributed by atoms with E-state index < -0.39 is 8.32 Å². The molecule has 1 heterocycles. The Hall–Kier alpha value is -0.323. The molecule has 3 nitrogen and oxygen atoms in total. The van der Waals surface area contributed by atoms with E-state index >= 15 is 0 Å². The van der Waals surface area contributed by atoms with Crippen LogP contribution < -0.4 is 0 Å². The molecule has 0 unspecified atom stereocenters. The number of H-pyrrole nitrogens is 1. The highest BCUT2D eigenvalue weighted by Gasteiger charge is 2.16. The van der Waals surface area contributed by atoms with Gasteiger partial charge in [0, 0.05) is 6.42 Å². The molecule has 1 aromatic heterocycles. The maximum Gasteiger partial charge on any atom is 0.184 e. The van der Waals surface area contributed by atoms with Crippen LogP contribution in [0.25, 0.3) is 0 Å². The minimum atomic E-state index is -1.49. The van der Waals surface area contributed by atoms with Crippen LogP contribution >= 0.6 is 11.6 Å². The van der Waals surface area contributed by atoms with Crippen LogP contribution in [0.2, 0.25) is 24.8 Å². The second kappa shape index (κ2) is 5.84. The topological polar surface area (TPSA) is 37.9 Å². The molecule has 0 saturated carbocycles. The number of aromatic nitrogens is 2. The lowest BCUT2D eigenvalue weighted by molar-refractivity contribution is 0.295. The summed E-state index contributed by atoms with van der Waals surface area (Å²) in [6.45, 7) is 9.20. The van der Waals surface area contributed by atoms with Gasteiger partial charge in [-0.3, -0.25) is 0 Å². The molecule has 0 aliphatic rings. The molecule has 1 rings (SSSR count). The van der Waals surface area contributed by atoms with E-state index in [-0.39, 0.29) is 0 Å². The molecule has 0 amide bonds. The lowest BCUT2D eigenvalue weighted by atomic mass is 10.2. The molecule has 1 N–H and O–H groups in total. The van der Waals surface area contributed by atoms with Gasteiger partial charge < -0.3 is 9.41 Å². The summed E-state index contributed by atoms with van der Waals surface area (Å²) in [4.78, 5) is 7.54. The van der Waals surface area contributed by atoms with Crippen LogP contribution in [0.3, 0.4) is 0 Å². The molecule has 0 fully saturated rings. The number of unbranched alkanes of at least 4 members (excludes halogenated alkanes) is 1. The van der Waals surface area contributed by atoms with E-state index in [1.165, 1.54) is 6.42 Å². The summed E-state index contributed by atoms with van der Waals surface area (Å²) < 4.78 is 5.80. The van der Waals surface area contributed by atoms with Gasteiger partial charge in [0.05, 0.1) is 12.3 Å². The van der Waals surface area contributed by atoms with Gasteiger partial charge in [-0.25, -0.2) is 4.98 Å². The summed E-state index contributed by atoms with van der Waals surface area (Å²) in [7, 11) is -1.49. The molecule has 0 saturated heterocycles. The number of nitrogens with one attached hydrogen (secondary N) is 1. The summed E-state index contributed by atoms with van der Waals surface area (Å²) in [5.74, 6) is 0.973. The van der Waals surface area contributed by atoms with Crippen LogP contribution in [0, 0.1) is 0 Å². The van der Waals surface area contributed by atoms with Gasteiger partial charge >= 0.3 is 0 Å². The highest BCUT2D eigenvalue weighted by atomic mass is 35.5. The Morgan fingerprint density at radius 2 is 2.06 bits per heavy atom. The standard InChI is InChI=1S/C11H21ClN2OSi/c1-5-6-7-10-13-9(11(12)14-10)8-15-16(2,3)4/h5-8H2,1-4H3,(H,13,14). The zero-order valence-corrected chi connectivity index (χ0v) is 12.3. The van der Waals surface area contributed by atoms with Crippen LogP contribution in [0.15, 0.2) is 0 Å². The normalized spacial score (nSPS) is 12.1. The fourth-order valence-electron chi connectivity index (χ4n) is 1.29. The molecule has 0 spiro atoms. The zero-order chi connectivity index (χ0) is 12.2. The maximum atomic E-state index is 6.05. The van der Waals surface area contributed by atoms with Crippen LogP contribution in [0.5, 0.6) is 0 Å². The van der Waals surface area contributed by atoms with E-state index in [0.717, 1.165) is 24.4 Å². The number of aryl methyl sites for hydroxylation is 1. The summed E-state index contributed by atoms with van der Waals surface area (Å²) >= 11 is 6.05. The Morgan fingerprint density at radius 1 is 1.38 bits per heavy atom. The van der Waals surface area contributed by atoms with E-state index in [1.807, 2.05) is 0 Å². The molecule has 5 heteroatoms. The highest BCUT2D eigenvalue weighted by molar-refractivity contribution is 6.69. The van der Waals surface area contributed by atoms with Gasteiger partial charge in [0.15, 0.2) is 13.5 Å². The fraction of sp³-hybridized carbons (Fsp3) is 0.727. The van der Waals surface area contributed by atoms with Crippen molar-refractivity contribution in [1.29, 1.82) is 0 Å². The summed E-state index contributed by atoms with van der Waals surface area (Å²) in [5.41, 5.74) is 0.912. The maximum absolute atomic E-state index is 6.05. The molecule has 0 atom stereocenters. The number of halogens is 1. The molecule has 16 heavy (non-hydrogen) atoms. The van der Waals surface area contributed by atoms with Crippen molar-refractivity contribution in [3.8, 4) is 0 Å². The number of hydrogen-bond donors (Lipinski definition) is 1. The van der Waals surface area contributed by atoms with Crippen molar-refractivity contribution in [2.45, 2.75) is 52.4 Å². The lowest BCUT2D eigenvalue weighted by Crippen LogP contribution is -2.25. The van der Waals surface area contributed by atoms with Crippen LogP contribution in [0.1, 0.15) is 31.3 Å². The molecule has 92 valence electrons. The van der Waals surface area contributed by atoms with E-state index in [2.05, 4.69) is 36.5 Å². The van der Waals surface area contributed by atoms with Gasteiger partial charge in [-0.05, 0) is 26.1 Å². The molecule has 0 radical (unpaired) electrons. The Balaban J connectivity index is 2.56. The average Bonchev–Trinajstić information content (AvgIpc) is 2.52. The number of imidazole rings is 1. The average molecular weight is 261 g/mol. The predicted octanol–water partition coefficient (Wildman–Crippen LogP) is 3.76. The molecule has 1 aromatic rings. The van der Waals surface area contributed by atoms with E-state index in [4.69, 9.17) is 16.0 Å². The van der Waals surface area contributed by atoms with Crippen molar-refractivity contribution < 1.29 is 4.43 Å². The van der Waals surface area contributed by atoms with E-state index in [9.17, 15) is 0 Å². The first kappa shape index (κ1) is 13.7. The minimum Gasteiger partial charge on any atom is -0.412 e. The fourth-order valence-corrected chi connectivity index (χ4v) is 2.07. The zero-order valence-electron chi connectivity index (χ0n) is 10.6. The van der Waals surface area contributed by atoms with Crippen LogP contribution in [0.4, 0.5) is 0 Å². The van der Waals surface area contributed by atoms with Gasteiger partial charge in [0.2, 0.25) is 0 Å². The highest BCUT2D eigenvalue weighted by Crippen LogP contribution is 2.17. The van der Waals surface area contributed by atoms with Gasteiger partial charge in [-0.2, -0.15) is 0 Å². The number of hydrogen-bond acceptors (Lipinski definition) is 2. The van der Waals surface area contributed by atoms with Crippen molar-refractivity contribution >= 4 is 19.9 Å². The van der Waals surface area contributed by atoms with Gasteiger partial charge in [0.25, 0.3) is 0 Å². The molecule has 0 aromatic carbocycles. The van der Waals surface area contributed by atoms with Crippen LogP contribution in [-0.4, -0.2) is 18.3 Å². The van der Waals surface area contributed by atoms with Gasteiger partial charge in [-0.15, -0.1) is 0 Å². The first-order valence-corrected chi connectivity index (χ1v) is 9.58. The van der Waals surface area contributed by atoms with Crippen molar-refractivity contribution in [3.05, 3.63) is 16.7 Å². The first-order valence-electron chi connectivity index (χ1n) is 5.79. The Bertz CT molecular complexity index is 333. The summed E-state index contributed by atoms with van der Waals surface area (Å²) in [6.07, 6.45) is 3.26. The third kappa shape index (κ3) is 4.68. The summed E-state index contributed by atoms with van der Waals surface area (Å²) in [6, 6.07) is 0. The number of nitrogens with zero attached hydrogens (tertiary/aromatic N) is 1. The Labute approximate surface area is 104 Å². The van der Waals surface area contributed by atoms with Crippen LogP contribution in [-0.2, 0) is 17.5 Å². The molecule has 0 aliphatic carbocycles. The third-order valence-corrected chi connectivity index (χ3v) is 3.52. The largest absolute Gasteiger partial charge is 0.412 e. The number of aromatic amines is 1. The van der Waals surface area contributed by atoms with Gasteiger partial charge in [0.1, 0.15) is 5.82 Å². The molecular weight excluding hydrogens is 240 g/mol.